The Morgan fingerprint density at radius 1 is 1.67 bits per heavy atom. The summed E-state index contributed by atoms with van der Waals surface area (Å²) in [6.45, 7) is 2.25. The molecule has 0 aliphatic carbocycles. The van der Waals surface area contributed by atoms with Gasteiger partial charge in [-0.3, -0.25) is 0 Å². The predicted octanol–water partition coefficient (Wildman–Crippen LogP) is 0.267. The Labute approximate surface area is 48.8 Å². The number of aliphatic hydroxyl groups is 1. The van der Waals surface area contributed by atoms with Crippen LogP contribution >= 0.6 is 0 Å². The number of hydrogen-bond donors (Lipinski definition) is 1. The van der Waals surface area contributed by atoms with Crippen molar-refractivity contribution < 1.29 is 28.3 Å². The van der Waals surface area contributed by atoms with Crippen LogP contribution in [-0.4, -0.2) is 11.7 Å². The molecule has 1 N–H and O–H groups in total. The number of aliphatic hydroxyl groups excluding tert-OH is 1. The van der Waals surface area contributed by atoms with Crippen molar-refractivity contribution in [3.63, 3.8) is 0 Å². The van der Waals surface area contributed by atoms with Crippen LogP contribution in [0.3, 0.4) is 0 Å². The minimum absolute atomic E-state index is 0.319. The van der Waals surface area contributed by atoms with Crippen molar-refractivity contribution in [1.82, 2.24) is 0 Å². The molecule has 0 aromatic heterocycles. The molecule has 0 amide bonds. The Kier molecular flexibility index (Phi) is 29.0. The van der Waals surface area contributed by atoms with E-state index in [0.29, 0.717) is 26.4 Å². The Morgan fingerprint density at radius 2 is 1.83 bits per heavy atom. The second-order valence-corrected chi connectivity index (χ2v) is 0.724. The van der Waals surface area contributed by atoms with Gasteiger partial charge < -0.3 is 5.11 Å². The number of rotatable bonds is 1. The Morgan fingerprint density at radius 3 is 1.83 bits per heavy atom. The Bertz CT molecular complexity index is 16.3. The van der Waals surface area contributed by atoms with Crippen LogP contribution in [0, 0.1) is 0 Å². The van der Waals surface area contributed by atoms with Gasteiger partial charge >= 0.3 is 23.2 Å². The molecule has 0 bridgehead atoms. The topological polar surface area (TPSA) is 37.3 Å². The molecule has 0 saturated carbocycles. The molecule has 0 fully saturated rings. The SMILES string of the molecule is CCCO.[O]=[W]. The zero-order valence-corrected chi connectivity index (χ0v) is 6.61. The van der Waals surface area contributed by atoms with Gasteiger partial charge in [-0.05, 0) is 6.42 Å². The molecule has 2 nitrogen and oxygen atoms in total. The summed E-state index contributed by atoms with van der Waals surface area (Å²) < 4.78 is 8.33. The summed E-state index contributed by atoms with van der Waals surface area (Å²) >= 11 is 0.333. The molecule has 6 heavy (non-hydrogen) atoms. The molecule has 0 heterocycles. The first kappa shape index (κ1) is 9.67. The minimum atomic E-state index is 0.319. The van der Waals surface area contributed by atoms with Crippen LogP contribution in [0.5, 0.6) is 0 Å². The summed E-state index contributed by atoms with van der Waals surface area (Å²) in [5.74, 6) is 0. The van der Waals surface area contributed by atoms with Crippen molar-refractivity contribution in [2.45, 2.75) is 13.3 Å². The van der Waals surface area contributed by atoms with Crippen LogP contribution in [0.25, 0.3) is 0 Å². The standard InChI is InChI=1S/C3H8O.O.W/c1-2-3-4;;/h4H,2-3H2,1H3;;. The van der Waals surface area contributed by atoms with Crippen molar-refractivity contribution in [3.05, 3.63) is 0 Å². The summed E-state index contributed by atoms with van der Waals surface area (Å²) in [6, 6.07) is 0. The van der Waals surface area contributed by atoms with Gasteiger partial charge in [0, 0.05) is 6.61 Å². The first-order valence-electron chi connectivity index (χ1n) is 1.69. The maximum absolute atomic E-state index is 8.33. The summed E-state index contributed by atoms with van der Waals surface area (Å²) in [7, 11) is 0. The van der Waals surface area contributed by atoms with E-state index in [4.69, 9.17) is 8.50 Å². The molecule has 0 rings (SSSR count). The molecular weight excluding hydrogens is 252 g/mol. The van der Waals surface area contributed by atoms with Crippen molar-refractivity contribution in [2.75, 3.05) is 6.61 Å². The molecule has 0 atom stereocenters. The predicted molar refractivity (Wildman–Crippen MR) is 18.1 cm³/mol. The van der Waals surface area contributed by atoms with Gasteiger partial charge in [0.05, 0.1) is 0 Å². The first-order chi connectivity index (χ1) is 2.91. The fourth-order valence-electron chi connectivity index (χ4n) is 0. The number of hydrogen-bond acceptors (Lipinski definition) is 2. The quantitative estimate of drug-likeness (QED) is 0.734. The molecule has 0 saturated heterocycles. The molecule has 0 spiro atoms. The van der Waals surface area contributed by atoms with Crippen LogP contribution in [0.2, 0.25) is 0 Å². The fraction of sp³-hybridized carbons (Fsp3) is 1.00. The first-order valence-corrected chi connectivity index (χ1v) is 2.89. The van der Waals surface area contributed by atoms with Gasteiger partial charge in [0.15, 0.2) is 0 Å². The van der Waals surface area contributed by atoms with Gasteiger partial charge in [0.1, 0.15) is 0 Å². The summed E-state index contributed by atoms with van der Waals surface area (Å²) in [5.41, 5.74) is 0. The van der Waals surface area contributed by atoms with Crippen LogP contribution in [0.1, 0.15) is 13.3 Å². The molecule has 0 aliphatic rings. The molecule has 38 valence electrons. The summed E-state index contributed by atoms with van der Waals surface area (Å²) in [5, 5.41) is 7.88. The van der Waals surface area contributed by atoms with Crippen molar-refractivity contribution in [2.24, 2.45) is 0 Å². The van der Waals surface area contributed by atoms with E-state index in [0.717, 1.165) is 6.42 Å². The van der Waals surface area contributed by atoms with E-state index >= 15 is 0 Å². The summed E-state index contributed by atoms with van der Waals surface area (Å²) in [6.07, 6.45) is 0.875. The molecule has 0 aliphatic heterocycles. The molecular formula is C3H8O2W. The van der Waals surface area contributed by atoms with Crippen LogP contribution in [-0.2, 0) is 23.2 Å². The van der Waals surface area contributed by atoms with Crippen LogP contribution in [0.15, 0.2) is 0 Å². The van der Waals surface area contributed by atoms with E-state index in [2.05, 4.69) is 0 Å². The van der Waals surface area contributed by atoms with Crippen LogP contribution in [0.4, 0.5) is 0 Å². The van der Waals surface area contributed by atoms with E-state index in [-0.39, 0.29) is 0 Å². The third-order valence-electron chi connectivity index (χ3n) is 0.224. The van der Waals surface area contributed by atoms with Crippen molar-refractivity contribution in [3.8, 4) is 0 Å². The fourth-order valence-corrected chi connectivity index (χ4v) is 0. The average molecular weight is 260 g/mol. The molecule has 3 heteroatoms. The van der Waals surface area contributed by atoms with E-state index in [1.165, 1.54) is 0 Å². The van der Waals surface area contributed by atoms with Crippen molar-refractivity contribution >= 4 is 0 Å². The third kappa shape index (κ3) is 25.2. The zero-order valence-electron chi connectivity index (χ0n) is 3.68. The maximum atomic E-state index is 8.33. The monoisotopic (exact) mass is 260 g/mol. The van der Waals surface area contributed by atoms with E-state index in [1.807, 2.05) is 6.92 Å². The van der Waals surface area contributed by atoms with Gasteiger partial charge in [-0.25, -0.2) is 0 Å². The molecule has 0 aromatic carbocycles. The third-order valence-corrected chi connectivity index (χ3v) is 0.224. The van der Waals surface area contributed by atoms with E-state index in [1.54, 1.807) is 0 Å². The Hall–Kier alpha value is 0.448. The van der Waals surface area contributed by atoms with Gasteiger partial charge in [-0.1, -0.05) is 6.92 Å². The van der Waals surface area contributed by atoms with Gasteiger partial charge in [-0.15, -0.1) is 0 Å². The van der Waals surface area contributed by atoms with E-state index < -0.39 is 0 Å². The second-order valence-electron chi connectivity index (χ2n) is 0.724. The van der Waals surface area contributed by atoms with Crippen LogP contribution < -0.4 is 0 Å². The normalized spacial score (nSPS) is 5.67. The zero-order chi connectivity index (χ0) is 5.41. The van der Waals surface area contributed by atoms with Gasteiger partial charge in [-0.2, -0.15) is 0 Å². The molecule has 0 unspecified atom stereocenters. The summed E-state index contributed by atoms with van der Waals surface area (Å²) in [4.78, 5) is 0. The van der Waals surface area contributed by atoms with Crippen molar-refractivity contribution in [1.29, 1.82) is 0 Å². The average Bonchev–Trinajstić information content (AvgIpc) is 1.72. The van der Waals surface area contributed by atoms with Gasteiger partial charge in [0.2, 0.25) is 0 Å². The Balaban J connectivity index is 0. The second kappa shape index (κ2) is 18.0. The molecule has 0 aromatic rings. The molecule has 0 radical (unpaired) electrons. The van der Waals surface area contributed by atoms with E-state index in [9.17, 15) is 0 Å². The van der Waals surface area contributed by atoms with Gasteiger partial charge in [0.25, 0.3) is 0 Å².